The third-order valence-electron chi connectivity index (χ3n) is 3.98. The van der Waals surface area contributed by atoms with Gasteiger partial charge in [-0.1, -0.05) is 19.9 Å². The molecule has 0 radical (unpaired) electrons. The van der Waals surface area contributed by atoms with Gasteiger partial charge in [-0.2, -0.15) is 0 Å². The second kappa shape index (κ2) is 7.09. The van der Waals surface area contributed by atoms with Crippen LogP contribution in [-0.2, 0) is 11.2 Å². The van der Waals surface area contributed by atoms with Gasteiger partial charge in [-0.05, 0) is 54.9 Å². The predicted octanol–water partition coefficient (Wildman–Crippen LogP) is 3.50. The normalized spacial score (nSPS) is 21.9. The van der Waals surface area contributed by atoms with Crippen LogP contribution in [0.4, 0.5) is 0 Å². The van der Waals surface area contributed by atoms with Gasteiger partial charge in [-0.15, -0.1) is 0 Å². The molecule has 1 aromatic rings. The summed E-state index contributed by atoms with van der Waals surface area (Å²) in [5.41, 5.74) is 2.17. The van der Waals surface area contributed by atoms with E-state index < -0.39 is 6.10 Å². The standard InChI is InChI=1S/C17H26O3/c1-12(2)5-4-10-20-16-9-7-13-6-8-14(19-3)11-15(13)17(16)18/h6,8,11-12,16-18H,4-5,7,9-10H2,1-3H3. The molecule has 2 atom stereocenters. The molecule has 20 heavy (non-hydrogen) atoms. The van der Waals surface area contributed by atoms with Crippen molar-refractivity contribution in [3.63, 3.8) is 0 Å². The molecule has 0 aliphatic heterocycles. The second-order valence-electron chi connectivity index (χ2n) is 5.99. The van der Waals surface area contributed by atoms with E-state index in [4.69, 9.17) is 9.47 Å². The Hall–Kier alpha value is -1.06. The summed E-state index contributed by atoms with van der Waals surface area (Å²) >= 11 is 0. The Morgan fingerprint density at radius 2 is 2.15 bits per heavy atom. The Labute approximate surface area is 121 Å². The molecule has 0 bridgehead atoms. The first-order valence-electron chi connectivity index (χ1n) is 7.58. The minimum atomic E-state index is -0.534. The number of ether oxygens (including phenoxy) is 2. The van der Waals surface area contributed by atoms with Gasteiger partial charge in [-0.3, -0.25) is 0 Å². The van der Waals surface area contributed by atoms with Crippen LogP contribution in [-0.4, -0.2) is 24.9 Å². The molecular formula is C17H26O3. The largest absolute Gasteiger partial charge is 0.497 e. The minimum Gasteiger partial charge on any atom is -0.497 e. The van der Waals surface area contributed by atoms with Gasteiger partial charge < -0.3 is 14.6 Å². The lowest BCUT2D eigenvalue weighted by Crippen LogP contribution is -2.28. The second-order valence-corrected chi connectivity index (χ2v) is 5.99. The molecule has 1 aliphatic rings. The molecule has 3 heteroatoms. The number of hydrogen-bond acceptors (Lipinski definition) is 3. The zero-order valence-corrected chi connectivity index (χ0v) is 12.8. The van der Waals surface area contributed by atoms with Crippen LogP contribution in [0.1, 0.15) is 50.3 Å². The Bertz CT molecular complexity index is 428. The van der Waals surface area contributed by atoms with Crippen LogP contribution in [0.25, 0.3) is 0 Å². The van der Waals surface area contributed by atoms with Crippen LogP contribution >= 0.6 is 0 Å². The van der Waals surface area contributed by atoms with Gasteiger partial charge in [0.2, 0.25) is 0 Å². The Morgan fingerprint density at radius 3 is 2.85 bits per heavy atom. The van der Waals surface area contributed by atoms with E-state index in [1.807, 2.05) is 18.2 Å². The maximum Gasteiger partial charge on any atom is 0.119 e. The van der Waals surface area contributed by atoms with Crippen molar-refractivity contribution in [2.45, 2.75) is 51.7 Å². The van der Waals surface area contributed by atoms with Crippen LogP contribution in [0.2, 0.25) is 0 Å². The highest BCUT2D eigenvalue weighted by molar-refractivity contribution is 5.39. The minimum absolute atomic E-state index is 0.0817. The van der Waals surface area contributed by atoms with Crippen LogP contribution in [0, 0.1) is 5.92 Å². The summed E-state index contributed by atoms with van der Waals surface area (Å²) in [4.78, 5) is 0. The summed E-state index contributed by atoms with van der Waals surface area (Å²) in [6, 6.07) is 5.94. The van der Waals surface area contributed by atoms with Crippen molar-refractivity contribution in [3.05, 3.63) is 29.3 Å². The summed E-state index contributed by atoms with van der Waals surface area (Å²) in [7, 11) is 1.65. The molecule has 0 heterocycles. The summed E-state index contributed by atoms with van der Waals surface area (Å²) in [5.74, 6) is 1.50. The highest BCUT2D eigenvalue weighted by atomic mass is 16.5. The van der Waals surface area contributed by atoms with E-state index in [1.54, 1.807) is 7.11 Å². The molecule has 0 aromatic heterocycles. The lowest BCUT2D eigenvalue weighted by atomic mass is 9.87. The smallest absolute Gasteiger partial charge is 0.119 e. The molecule has 0 spiro atoms. The summed E-state index contributed by atoms with van der Waals surface area (Å²) in [6.07, 6.45) is 3.47. The van der Waals surface area contributed by atoms with Crippen LogP contribution in [0.15, 0.2) is 18.2 Å². The number of rotatable bonds is 6. The van der Waals surface area contributed by atoms with Crippen molar-refractivity contribution in [1.82, 2.24) is 0 Å². The van der Waals surface area contributed by atoms with Gasteiger partial charge in [0, 0.05) is 6.61 Å². The zero-order chi connectivity index (χ0) is 14.5. The van der Waals surface area contributed by atoms with Gasteiger partial charge in [0.15, 0.2) is 0 Å². The fourth-order valence-electron chi connectivity index (χ4n) is 2.76. The molecule has 1 N–H and O–H groups in total. The topological polar surface area (TPSA) is 38.7 Å². The number of hydrogen-bond donors (Lipinski definition) is 1. The van der Waals surface area contributed by atoms with E-state index in [0.29, 0.717) is 5.92 Å². The van der Waals surface area contributed by atoms with Gasteiger partial charge in [-0.25, -0.2) is 0 Å². The first-order chi connectivity index (χ1) is 9.61. The van der Waals surface area contributed by atoms with Crippen molar-refractivity contribution < 1.29 is 14.6 Å². The van der Waals surface area contributed by atoms with Crippen molar-refractivity contribution in [2.75, 3.05) is 13.7 Å². The predicted molar refractivity (Wildman–Crippen MR) is 80.1 cm³/mol. The Morgan fingerprint density at radius 1 is 1.35 bits per heavy atom. The lowest BCUT2D eigenvalue weighted by molar-refractivity contribution is -0.0498. The van der Waals surface area contributed by atoms with Gasteiger partial charge in [0.05, 0.1) is 13.2 Å². The molecule has 0 fully saturated rings. The number of aryl methyl sites for hydroxylation is 1. The molecule has 1 aromatic carbocycles. The summed E-state index contributed by atoms with van der Waals surface area (Å²) in [5, 5.41) is 10.5. The number of benzene rings is 1. The van der Waals surface area contributed by atoms with Gasteiger partial charge >= 0.3 is 0 Å². The number of methoxy groups -OCH3 is 1. The van der Waals surface area contributed by atoms with Crippen LogP contribution in [0.5, 0.6) is 5.75 Å². The van der Waals surface area contributed by atoms with Gasteiger partial charge in [0.25, 0.3) is 0 Å². The van der Waals surface area contributed by atoms with Gasteiger partial charge in [0.1, 0.15) is 11.9 Å². The number of aliphatic hydroxyl groups excluding tert-OH is 1. The molecule has 0 saturated heterocycles. The average Bonchev–Trinajstić information content (AvgIpc) is 2.45. The van der Waals surface area contributed by atoms with Crippen molar-refractivity contribution in [3.8, 4) is 5.75 Å². The van der Waals surface area contributed by atoms with E-state index in [2.05, 4.69) is 13.8 Å². The molecule has 2 rings (SSSR count). The maximum absolute atomic E-state index is 10.5. The van der Waals surface area contributed by atoms with Crippen molar-refractivity contribution in [1.29, 1.82) is 0 Å². The fraction of sp³-hybridized carbons (Fsp3) is 0.647. The molecule has 2 unspecified atom stereocenters. The number of aliphatic hydroxyl groups is 1. The zero-order valence-electron chi connectivity index (χ0n) is 12.8. The SMILES string of the molecule is COc1ccc2c(c1)C(O)C(OCCCC(C)C)CC2. The fourth-order valence-corrected chi connectivity index (χ4v) is 2.76. The molecule has 112 valence electrons. The number of fused-ring (bicyclic) bond motifs is 1. The van der Waals surface area contributed by atoms with E-state index in [-0.39, 0.29) is 6.10 Å². The molecule has 0 saturated carbocycles. The molecule has 3 nitrogen and oxygen atoms in total. The van der Waals surface area contributed by atoms with E-state index >= 15 is 0 Å². The monoisotopic (exact) mass is 278 g/mol. The lowest BCUT2D eigenvalue weighted by Gasteiger charge is -2.30. The Balaban J connectivity index is 1.94. The third-order valence-corrected chi connectivity index (χ3v) is 3.98. The van der Waals surface area contributed by atoms with Crippen LogP contribution < -0.4 is 4.74 Å². The van der Waals surface area contributed by atoms with E-state index in [0.717, 1.165) is 37.2 Å². The van der Waals surface area contributed by atoms with E-state index in [1.165, 1.54) is 12.0 Å². The first-order valence-corrected chi connectivity index (χ1v) is 7.58. The van der Waals surface area contributed by atoms with Crippen LogP contribution in [0.3, 0.4) is 0 Å². The molecular weight excluding hydrogens is 252 g/mol. The average molecular weight is 278 g/mol. The van der Waals surface area contributed by atoms with Crippen molar-refractivity contribution >= 4 is 0 Å². The van der Waals surface area contributed by atoms with Crippen molar-refractivity contribution in [2.24, 2.45) is 5.92 Å². The van der Waals surface area contributed by atoms with E-state index in [9.17, 15) is 5.11 Å². The first kappa shape index (κ1) is 15.3. The maximum atomic E-state index is 10.5. The Kier molecular flexibility index (Phi) is 5.44. The summed E-state index contributed by atoms with van der Waals surface area (Å²) < 4.78 is 11.1. The highest BCUT2D eigenvalue weighted by Crippen LogP contribution is 2.34. The molecule has 1 aliphatic carbocycles. The quantitative estimate of drug-likeness (QED) is 0.809. The molecule has 0 amide bonds. The highest BCUT2D eigenvalue weighted by Gasteiger charge is 2.28. The third kappa shape index (κ3) is 3.74. The summed E-state index contributed by atoms with van der Waals surface area (Å²) in [6.45, 7) is 5.18.